The number of aliphatic hydroxyl groups excluding tert-OH is 1. The monoisotopic (exact) mass is 307 g/mol. The Morgan fingerprint density at radius 1 is 1.24 bits per heavy atom. The molecule has 4 unspecified atom stereocenters. The van der Waals surface area contributed by atoms with Crippen LogP contribution in [0.2, 0.25) is 5.02 Å². The van der Waals surface area contributed by atoms with Crippen LogP contribution in [0.5, 0.6) is 0 Å². The van der Waals surface area contributed by atoms with Gasteiger partial charge < -0.3 is 10.4 Å². The molecule has 0 aliphatic heterocycles. The van der Waals surface area contributed by atoms with Gasteiger partial charge in [0.2, 0.25) is 5.91 Å². The molecule has 2 N–H and O–H groups in total. The van der Waals surface area contributed by atoms with E-state index >= 15 is 0 Å². The van der Waals surface area contributed by atoms with Gasteiger partial charge in [0.1, 0.15) is 0 Å². The minimum atomic E-state index is 0.0981. The normalized spacial score (nSPS) is 30.6. The van der Waals surface area contributed by atoms with Gasteiger partial charge in [0.15, 0.2) is 0 Å². The van der Waals surface area contributed by atoms with E-state index < -0.39 is 0 Å². The molecule has 2 bridgehead atoms. The predicted molar refractivity (Wildman–Crippen MR) is 83.1 cm³/mol. The lowest BCUT2D eigenvalue weighted by Crippen LogP contribution is -2.45. The first-order valence-electron chi connectivity index (χ1n) is 7.82. The number of aryl methyl sites for hydroxylation is 1. The minimum Gasteiger partial charge on any atom is -0.396 e. The Morgan fingerprint density at radius 3 is 2.67 bits per heavy atom. The number of hydrogen-bond acceptors (Lipinski definition) is 2. The summed E-state index contributed by atoms with van der Waals surface area (Å²) in [6, 6.07) is 7.82. The fraction of sp³-hybridized carbons (Fsp3) is 0.588. The van der Waals surface area contributed by atoms with Crippen LogP contribution < -0.4 is 5.32 Å². The van der Waals surface area contributed by atoms with Crippen LogP contribution in [0, 0.1) is 17.8 Å². The summed E-state index contributed by atoms with van der Waals surface area (Å²) < 4.78 is 0. The second-order valence-electron chi connectivity index (χ2n) is 6.40. The number of aliphatic hydroxyl groups is 1. The first kappa shape index (κ1) is 14.9. The van der Waals surface area contributed by atoms with E-state index in [9.17, 15) is 9.90 Å². The maximum Gasteiger partial charge on any atom is 0.220 e. The Kier molecular flexibility index (Phi) is 4.51. The number of rotatable bonds is 5. The van der Waals surface area contributed by atoms with E-state index in [1.807, 2.05) is 24.3 Å². The molecule has 1 aromatic carbocycles. The molecule has 3 rings (SSSR count). The van der Waals surface area contributed by atoms with Crippen molar-refractivity contribution in [3.63, 3.8) is 0 Å². The molecular formula is C17H22ClNO2. The molecule has 0 saturated heterocycles. The lowest BCUT2D eigenvalue weighted by Gasteiger charge is -2.30. The maximum absolute atomic E-state index is 12.2. The van der Waals surface area contributed by atoms with Crippen LogP contribution in [0.1, 0.15) is 31.2 Å². The lowest BCUT2D eigenvalue weighted by atomic mass is 9.85. The maximum atomic E-state index is 12.2. The van der Waals surface area contributed by atoms with Gasteiger partial charge >= 0.3 is 0 Å². The fourth-order valence-corrected chi connectivity index (χ4v) is 4.19. The highest BCUT2D eigenvalue weighted by Gasteiger charge is 2.47. The number of hydrogen-bond donors (Lipinski definition) is 2. The quantitative estimate of drug-likeness (QED) is 0.879. The van der Waals surface area contributed by atoms with Crippen LogP contribution in [0.4, 0.5) is 0 Å². The number of fused-ring (bicyclic) bond motifs is 2. The molecule has 2 aliphatic rings. The zero-order chi connectivity index (χ0) is 14.8. The second kappa shape index (κ2) is 6.37. The second-order valence-corrected chi connectivity index (χ2v) is 6.84. The molecule has 2 fully saturated rings. The molecule has 21 heavy (non-hydrogen) atoms. The summed E-state index contributed by atoms with van der Waals surface area (Å²) >= 11 is 5.85. The Labute approximate surface area is 130 Å². The van der Waals surface area contributed by atoms with Crippen molar-refractivity contribution in [2.45, 2.75) is 38.1 Å². The number of carbonyl (C=O) groups is 1. The third-order valence-corrected chi connectivity index (χ3v) is 5.43. The Balaban J connectivity index is 1.51. The number of benzene rings is 1. The molecule has 1 aromatic rings. The molecule has 0 aromatic heterocycles. The average molecular weight is 308 g/mol. The van der Waals surface area contributed by atoms with Crippen LogP contribution in [-0.2, 0) is 11.2 Å². The van der Waals surface area contributed by atoms with Crippen molar-refractivity contribution >= 4 is 17.5 Å². The first-order chi connectivity index (χ1) is 10.2. The largest absolute Gasteiger partial charge is 0.396 e. The zero-order valence-electron chi connectivity index (χ0n) is 12.1. The molecule has 3 nitrogen and oxygen atoms in total. The summed E-state index contributed by atoms with van der Waals surface area (Å²) in [7, 11) is 0. The number of carbonyl (C=O) groups excluding carboxylic acids is 1. The van der Waals surface area contributed by atoms with Gasteiger partial charge in [-0.1, -0.05) is 23.7 Å². The van der Waals surface area contributed by atoms with Gasteiger partial charge in [-0.25, -0.2) is 0 Å². The standard InChI is InChI=1S/C17H22ClNO2/c18-14-6-1-11(2-7-14)3-8-16(21)19-17-13-5-4-12(9-13)15(17)10-20/h1-2,6-7,12-13,15,17,20H,3-5,8-10H2,(H,19,21). The van der Waals surface area contributed by atoms with E-state index in [1.165, 1.54) is 19.3 Å². The summed E-state index contributed by atoms with van der Waals surface area (Å²) in [5.41, 5.74) is 1.13. The van der Waals surface area contributed by atoms with Gasteiger partial charge in [0, 0.05) is 30.0 Å². The van der Waals surface area contributed by atoms with Gasteiger partial charge in [-0.2, -0.15) is 0 Å². The molecule has 2 aliphatic carbocycles. The van der Waals surface area contributed by atoms with Crippen molar-refractivity contribution in [3.05, 3.63) is 34.9 Å². The van der Waals surface area contributed by atoms with Crippen molar-refractivity contribution in [1.82, 2.24) is 5.32 Å². The smallest absolute Gasteiger partial charge is 0.220 e. The molecule has 4 heteroatoms. The van der Waals surface area contributed by atoms with E-state index in [0.29, 0.717) is 18.3 Å². The molecule has 1 amide bonds. The molecule has 0 spiro atoms. The summed E-state index contributed by atoms with van der Waals surface area (Å²) in [5, 5.41) is 13.4. The van der Waals surface area contributed by atoms with E-state index in [-0.39, 0.29) is 24.5 Å². The fourth-order valence-electron chi connectivity index (χ4n) is 4.07. The van der Waals surface area contributed by atoms with Crippen molar-refractivity contribution in [2.75, 3.05) is 6.61 Å². The van der Waals surface area contributed by atoms with Crippen molar-refractivity contribution in [1.29, 1.82) is 0 Å². The summed E-state index contributed by atoms with van der Waals surface area (Å²) in [6.07, 6.45) is 4.81. The molecule has 0 radical (unpaired) electrons. The molecule has 114 valence electrons. The van der Waals surface area contributed by atoms with Gasteiger partial charge in [-0.05, 0) is 55.2 Å². The molecule has 0 heterocycles. The Hall–Kier alpha value is -1.06. The van der Waals surface area contributed by atoms with Crippen LogP contribution >= 0.6 is 11.6 Å². The van der Waals surface area contributed by atoms with Crippen LogP contribution in [0.3, 0.4) is 0 Å². The molecule has 4 atom stereocenters. The van der Waals surface area contributed by atoms with Gasteiger partial charge in [0.25, 0.3) is 0 Å². The van der Waals surface area contributed by atoms with E-state index in [4.69, 9.17) is 11.6 Å². The van der Waals surface area contributed by atoms with Gasteiger partial charge in [-0.15, -0.1) is 0 Å². The Bertz CT molecular complexity index is 502. The Morgan fingerprint density at radius 2 is 1.95 bits per heavy atom. The SMILES string of the molecule is O=C(CCc1ccc(Cl)cc1)NC1C2CCC(C2)C1CO. The van der Waals surface area contributed by atoms with Gasteiger partial charge in [-0.3, -0.25) is 4.79 Å². The molecular weight excluding hydrogens is 286 g/mol. The summed E-state index contributed by atoms with van der Waals surface area (Å²) in [5.74, 6) is 1.55. The van der Waals surface area contributed by atoms with Crippen LogP contribution in [0.25, 0.3) is 0 Å². The summed E-state index contributed by atoms with van der Waals surface area (Å²) in [6.45, 7) is 0.198. The number of nitrogens with one attached hydrogen (secondary N) is 1. The number of amides is 1. The highest BCUT2D eigenvalue weighted by molar-refractivity contribution is 6.30. The molecule has 2 saturated carbocycles. The first-order valence-corrected chi connectivity index (χ1v) is 8.20. The lowest BCUT2D eigenvalue weighted by molar-refractivity contribution is -0.122. The van der Waals surface area contributed by atoms with E-state index in [2.05, 4.69) is 5.32 Å². The highest BCUT2D eigenvalue weighted by atomic mass is 35.5. The average Bonchev–Trinajstić information content (AvgIpc) is 3.07. The minimum absolute atomic E-state index is 0.0981. The van der Waals surface area contributed by atoms with Crippen LogP contribution in [-0.4, -0.2) is 23.7 Å². The van der Waals surface area contributed by atoms with Crippen molar-refractivity contribution in [2.24, 2.45) is 17.8 Å². The topological polar surface area (TPSA) is 49.3 Å². The third kappa shape index (κ3) is 3.24. The van der Waals surface area contributed by atoms with Crippen molar-refractivity contribution < 1.29 is 9.90 Å². The van der Waals surface area contributed by atoms with E-state index in [0.717, 1.165) is 17.0 Å². The predicted octanol–water partition coefficient (Wildman–Crippen LogP) is 2.80. The number of halogens is 1. The van der Waals surface area contributed by atoms with Crippen LogP contribution in [0.15, 0.2) is 24.3 Å². The summed E-state index contributed by atoms with van der Waals surface area (Å²) in [4.78, 5) is 12.2. The van der Waals surface area contributed by atoms with Crippen molar-refractivity contribution in [3.8, 4) is 0 Å². The third-order valence-electron chi connectivity index (χ3n) is 5.18. The van der Waals surface area contributed by atoms with E-state index in [1.54, 1.807) is 0 Å². The highest BCUT2D eigenvalue weighted by Crippen LogP contribution is 2.48. The van der Waals surface area contributed by atoms with Gasteiger partial charge in [0.05, 0.1) is 0 Å². The zero-order valence-corrected chi connectivity index (χ0v) is 12.9.